The van der Waals surface area contributed by atoms with Gasteiger partial charge in [0.2, 0.25) is 0 Å². The van der Waals surface area contributed by atoms with Crippen molar-refractivity contribution in [3.63, 3.8) is 0 Å². The summed E-state index contributed by atoms with van der Waals surface area (Å²) in [7, 11) is 0. The van der Waals surface area contributed by atoms with Crippen LogP contribution in [0.3, 0.4) is 0 Å². The summed E-state index contributed by atoms with van der Waals surface area (Å²) in [4.78, 5) is 0. The van der Waals surface area contributed by atoms with E-state index < -0.39 is 11.7 Å². The van der Waals surface area contributed by atoms with Gasteiger partial charge in [0.1, 0.15) is 0 Å². The lowest BCUT2D eigenvalue weighted by atomic mass is 9.67. The fourth-order valence-electron chi connectivity index (χ4n) is 2.64. The molecule has 0 nitrogen and oxygen atoms in total. The third-order valence-corrected chi connectivity index (χ3v) is 4.40. The molecule has 0 saturated carbocycles. The molecule has 1 atom stereocenters. The first kappa shape index (κ1) is 18.1. The van der Waals surface area contributed by atoms with Crippen molar-refractivity contribution in [2.45, 2.75) is 66.5 Å². The Morgan fingerprint density at radius 1 is 0.952 bits per heavy atom. The molecule has 0 N–H and O–H groups in total. The molecule has 0 radical (unpaired) electrons. The first-order valence-corrected chi connectivity index (χ1v) is 7.54. The van der Waals surface area contributed by atoms with Gasteiger partial charge in [-0.25, -0.2) is 0 Å². The average molecular weight is 300 g/mol. The number of benzene rings is 1. The van der Waals surface area contributed by atoms with Crippen molar-refractivity contribution in [1.82, 2.24) is 0 Å². The fraction of sp³-hybridized carbons (Fsp3) is 0.667. The number of halogens is 3. The van der Waals surface area contributed by atoms with Gasteiger partial charge in [-0.15, -0.1) is 0 Å². The number of hydrogen-bond acceptors (Lipinski definition) is 0. The van der Waals surface area contributed by atoms with Gasteiger partial charge in [-0.2, -0.15) is 13.2 Å². The van der Waals surface area contributed by atoms with Crippen molar-refractivity contribution in [3.8, 4) is 0 Å². The fourth-order valence-corrected chi connectivity index (χ4v) is 2.64. The van der Waals surface area contributed by atoms with E-state index in [4.69, 9.17) is 0 Å². The lowest BCUT2D eigenvalue weighted by molar-refractivity contribution is -0.138. The Balaban J connectivity index is 3.36. The summed E-state index contributed by atoms with van der Waals surface area (Å²) in [5.41, 5.74) is -0.249. The van der Waals surface area contributed by atoms with Crippen LogP contribution in [-0.4, -0.2) is 0 Å². The quantitative estimate of drug-likeness (QED) is 0.583. The molecule has 0 aromatic heterocycles. The Labute approximate surface area is 126 Å². The standard InChI is InChI=1S/C18H27F3/c1-7-17(5,6)12-15(16(2,3)4)13-10-8-9-11-14(13)18(19,20)21/h8-11,15H,7,12H2,1-6H3. The van der Waals surface area contributed by atoms with Gasteiger partial charge in [-0.3, -0.25) is 0 Å². The van der Waals surface area contributed by atoms with E-state index in [1.54, 1.807) is 12.1 Å². The number of hydrogen-bond donors (Lipinski definition) is 0. The molecule has 0 amide bonds. The molecule has 0 aliphatic heterocycles. The summed E-state index contributed by atoms with van der Waals surface area (Å²) in [5.74, 6) is -0.120. The normalized spacial score (nSPS) is 15.1. The van der Waals surface area contributed by atoms with Crippen LogP contribution in [0.5, 0.6) is 0 Å². The van der Waals surface area contributed by atoms with Crippen molar-refractivity contribution in [2.75, 3.05) is 0 Å². The highest BCUT2D eigenvalue weighted by Crippen LogP contribution is 2.47. The maximum absolute atomic E-state index is 13.3. The molecule has 0 spiro atoms. The minimum atomic E-state index is -4.30. The lowest BCUT2D eigenvalue weighted by Gasteiger charge is -2.38. The number of rotatable bonds is 4. The average Bonchev–Trinajstić information content (AvgIpc) is 2.34. The van der Waals surface area contributed by atoms with Crippen molar-refractivity contribution >= 4 is 0 Å². The van der Waals surface area contributed by atoms with Gasteiger partial charge in [0.05, 0.1) is 5.56 Å². The second-order valence-electron chi connectivity index (χ2n) is 7.73. The summed E-state index contributed by atoms with van der Waals surface area (Å²) < 4.78 is 39.9. The Morgan fingerprint density at radius 2 is 1.48 bits per heavy atom. The van der Waals surface area contributed by atoms with E-state index in [-0.39, 0.29) is 16.7 Å². The van der Waals surface area contributed by atoms with Gasteiger partial charge >= 0.3 is 6.18 Å². The van der Waals surface area contributed by atoms with E-state index in [1.807, 2.05) is 20.8 Å². The van der Waals surface area contributed by atoms with Gasteiger partial charge in [-0.1, -0.05) is 66.2 Å². The molecule has 120 valence electrons. The number of alkyl halides is 3. The minimum Gasteiger partial charge on any atom is -0.166 e. The van der Waals surface area contributed by atoms with Crippen LogP contribution in [-0.2, 0) is 6.18 Å². The highest BCUT2D eigenvalue weighted by Gasteiger charge is 2.39. The molecule has 0 aliphatic carbocycles. The lowest BCUT2D eigenvalue weighted by Crippen LogP contribution is -2.27. The highest BCUT2D eigenvalue weighted by atomic mass is 19.4. The highest BCUT2D eigenvalue weighted by molar-refractivity contribution is 5.34. The van der Waals surface area contributed by atoms with Gasteiger partial charge in [-0.05, 0) is 34.8 Å². The van der Waals surface area contributed by atoms with Crippen LogP contribution in [0.1, 0.15) is 71.4 Å². The first-order chi connectivity index (χ1) is 9.38. The Bertz CT molecular complexity index is 464. The molecule has 1 unspecified atom stereocenters. The zero-order valence-electron chi connectivity index (χ0n) is 13.9. The van der Waals surface area contributed by atoms with E-state index in [9.17, 15) is 13.2 Å². The van der Waals surface area contributed by atoms with Crippen LogP contribution in [0.25, 0.3) is 0 Å². The second kappa shape index (κ2) is 6.02. The van der Waals surface area contributed by atoms with Gasteiger partial charge in [0.25, 0.3) is 0 Å². The Morgan fingerprint density at radius 3 is 1.90 bits per heavy atom. The van der Waals surface area contributed by atoms with Gasteiger partial charge < -0.3 is 0 Å². The first-order valence-electron chi connectivity index (χ1n) is 7.54. The van der Waals surface area contributed by atoms with E-state index in [0.29, 0.717) is 5.56 Å². The third-order valence-electron chi connectivity index (χ3n) is 4.40. The van der Waals surface area contributed by atoms with Crippen LogP contribution in [0.15, 0.2) is 24.3 Å². The molecule has 0 bridgehead atoms. The van der Waals surface area contributed by atoms with Gasteiger partial charge in [0, 0.05) is 0 Å². The zero-order chi connectivity index (χ0) is 16.5. The zero-order valence-corrected chi connectivity index (χ0v) is 13.9. The SMILES string of the molecule is CCC(C)(C)CC(c1ccccc1C(F)(F)F)C(C)(C)C. The molecule has 1 rings (SSSR count). The van der Waals surface area contributed by atoms with Crippen molar-refractivity contribution in [2.24, 2.45) is 10.8 Å². The maximum Gasteiger partial charge on any atom is 0.416 e. The van der Waals surface area contributed by atoms with Crippen LogP contribution in [0.2, 0.25) is 0 Å². The Hall–Kier alpha value is -0.990. The van der Waals surface area contributed by atoms with Gasteiger partial charge in [0.15, 0.2) is 0 Å². The van der Waals surface area contributed by atoms with Crippen LogP contribution >= 0.6 is 0 Å². The van der Waals surface area contributed by atoms with Crippen LogP contribution < -0.4 is 0 Å². The Kier molecular flexibility index (Phi) is 5.18. The van der Waals surface area contributed by atoms with E-state index >= 15 is 0 Å². The van der Waals surface area contributed by atoms with E-state index in [1.165, 1.54) is 12.1 Å². The second-order valence-corrected chi connectivity index (χ2v) is 7.73. The molecule has 0 heterocycles. The monoisotopic (exact) mass is 300 g/mol. The molecule has 1 aromatic rings. The predicted molar refractivity (Wildman–Crippen MR) is 82.3 cm³/mol. The molecule has 0 saturated heterocycles. The predicted octanol–water partition coefficient (Wildman–Crippen LogP) is 6.66. The van der Waals surface area contributed by atoms with Crippen LogP contribution in [0.4, 0.5) is 13.2 Å². The van der Waals surface area contributed by atoms with Crippen molar-refractivity contribution < 1.29 is 13.2 Å². The largest absolute Gasteiger partial charge is 0.416 e. The molecule has 21 heavy (non-hydrogen) atoms. The minimum absolute atomic E-state index is 0.0245. The molecule has 1 aromatic carbocycles. The molecular weight excluding hydrogens is 273 g/mol. The summed E-state index contributed by atoms with van der Waals surface area (Å²) in [5, 5.41) is 0. The molecule has 3 heteroatoms. The molecular formula is C18H27F3. The smallest absolute Gasteiger partial charge is 0.166 e. The third kappa shape index (κ3) is 4.76. The van der Waals surface area contributed by atoms with Crippen molar-refractivity contribution in [1.29, 1.82) is 0 Å². The van der Waals surface area contributed by atoms with Crippen LogP contribution in [0, 0.1) is 10.8 Å². The molecule has 0 aliphatic rings. The van der Waals surface area contributed by atoms with E-state index in [0.717, 1.165) is 12.8 Å². The summed E-state index contributed by atoms with van der Waals surface area (Å²) in [6.07, 6.45) is -2.59. The maximum atomic E-state index is 13.3. The molecule has 0 fully saturated rings. The topological polar surface area (TPSA) is 0 Å². The van der Waals surface area contributed by atoms with Crippen molar-refractivity contribution in [3.05, 3.63) is 35.4 Å². The summed E-state index contributed by atoms with van der Waals surface area (Å²) >= 11 is 0. The summed E-state index contributed by atoms with van der Waals surface area (Å²) in [6, 6.07) is 6.02. The van der Waals surface area contributed by atoms with E-state index in [2.05, 4.69) is 20.8 Å². The summed E-state index contributed by atoms with van der Waals surface area (Å²) in [6.45, 7) is 12.4.